The molecule has 2 heterocycles. The van der Waals surface area contributed by atoms with Gasteiger partial charge < -0.3 is 0 Å². The van der Waals surface area contributed by atoms with Crippen molar-refractivity contribution in [2.45, 2.75) is 25.7 Å². The molecule has 0 N–H and O–H groups in total. The van der Waals surface area contributed by atoms with Crippen LogP contribution < -0.4 is 0 Å². The molecule has 0 aliphatic heterocycles. The van der Waals surface area contributed by atoms with E-state index in [0.29, 0.717) is 5.69 Å². The molecule has 0 radical (unpaired) electrons. The smallest absolute Gasteiger partial charge is 0.194 e. The second-order valence-corrected chi connectivity index (χ2v) is 6.07. The van der Waals surface area contributed by atoms with Crippen molar-refractivity contribution in [2.24, 2.45) is 0 Å². The third kappa shape index (κ3) is 1.72. The van der Waals surface area contributed by atoms with Crippen molar-refractivity contribution < 1.29 is 4.79 Å². The van der Waals surface area contributed by atoms with Crippen molar-refractivity contribution in [2.75, 3.05) is 0 Å². The van der Waals surface area contributed by atoms with E-state index in [9.17, 15) is 4.79 Å². The van der Waals surface area contributed by atoms with Gasteiger partial charge in [-0.15, -0.1) is 11.3 Å². The van der Waals surface area contributed by atoms with Crippen LogP contribution in [0.15, 0.2) is 29.8 Å². The summed E-state index contributed by atoms with van der Waals surface area (Å²) in [6, 6.07) is 6.69. The Morgan fingerprint density at radius 1 is 1.20 bits per heavy atom. The fourth-order valence-corrected chi connectivity index (χ4v) is 3.89. The van der Waals surface area contributed by atoms with E-state index >= 15 is 0 Å². The molecule has 1 aliphatic carbocycles. The summed E-state index contributed by atoms with van der Waals surface area (Å²) in [5, 5.41) is 2.08. The van der Waals surface area contributed by atoms with Crippen LogP contribution in [0.4, 0.5) is 0 Å². The van der Waals surface area contributed by atoms with Crippen molar-refractivity contribution in [1.29, 1.82) is 0 Å². The Labute approximate surface area is 120 Å². The summed E-state index contributed by atoms with van der Waals surface area (Å²) in [6.07, 6.45) is 7.45. The average Bonchev–Trinajstić information content (AvgIpc) is 3.08. The number of thiazole rings is 1. The number of nitrogens with zero attached hydrogens (tertiary/aromatic N) is 2. The lowest BCUT2D eigenvalue weighted by molar-refractivity contribution is 0.111. The van der Waals surface area contributed by atoms with Gasteiger partial charge in [-0.05, 0) is 48.4 Å². The fraction of sp³-hybridized carbons (Fsp3) is 0.250. The maximum Gasteiger partial charge on any atom is 0.194 e. The second-order valence-electron chi connectivity index (χ2n) is 5.23. The van der Waals surface area contributed by atoms with E-state index in [0.717, 1.165) is 16.9 Å². The Morgan fingerprint density at radius 2 is 2.05 bits per heavy atom. The molecule has 2 aromatic heterocycles. The first-order valence-electron chi connectivity index (χ1n) is 6.89. The molecule has 1 aromatic carbocycles. The van der Waals surface area contributed by atoms with E-state index in [-0.39, 0.29) is 0 Å². The fourth-order valence-electron chi connectivity index (χ4n) is 3.01. The van der Waals surface area contributed by atoms with Crippen LogP contribution >= 0.6 is 11.3 Å². The van der Waals surface area contributed by atoms with Crippen LogP contribution in [0.5, 0.6) is 0 Å². The summed E-state index contributed by atoms with van der Waals surface area (Å²) in [5.41, 5.74) is 5.80. The molecule has 0 saturated carbocycles. The number of aromatic nitrogens is 2. The molecular formula is C16H14N2OS. The number of carbonyl (C=O) groups excluding carboxylic acids is 1. The summed E-state index contributed by atoms with van der Waals surface area (Å²) < 4.78 is 1.95. The number of aldehydes is 1. The lowest BCUT2D eigenvalue weighted by Crippen LogP contribution is -2.02. The number of benzene rings is 1. The predicted octanol–water partition coefficient (Wildman–Crippen LogP) is 3.75. The van der Waals surface area contributed by atoms with Crippen LogP contribution in [0.2, 0.25) is 0 Å². The van der Waals surface area contributed by atoms with E-state index < -0.39 is 0 Å². The van der Waals surface area contributed by atoms with Crippen molar-refractivity contribution >= 4 is 22.6 Å². The predicted molar refractivity (Wildman–Crippen MR) is 80.5 cm³/mol. The molecule has 0 spiro atoms. The Kier molecular flexibility index (Phi) is 2.70. The number of hydrogen-bond acceptors (Lipinski definition) is 3. The highest BCUT2D eigenvalue weighted by atomic mass is 32.1. The highest BCUT2D eigenvalue weighted by Gasteiger charge is 2.14. The highest BCUT2D eigenvalue weighted by Crippen LogP contribution is 2.30. The lowest BCUT2D eigenvalue weighted by Gasteiger charge is -2.16. The Bertz CT molecular complexity index is 800. The first-order valence-corrected chi connectivity index (χ1v) is 7.77. The zero-order valence-corrected chi connectivity index (χ0v) is 11.8. The van der Waals surface area contributed by atoms with E-state index in [4.69, 9.17) is 0 Å². The summed E-state index contributed by atoms with van der Waals surface area (Å²) >= 11 is 1.58. The largest absolute Gasteiger partial charge is 0.296 e. The number of carbonyl (C=O) groups is 1. The van der Waals surface area contributed by atoms with Gasteiger partial charge in [-0.3, -0.25) is 9.20 Å². The molecule has 0 saturated heterocycles. The van der Waals surface area contributed by atoms with Crippen molar-refractivity contribution in [1.82, 2.24) is 9.38 Å². The molecule has 0 amide bonds. The first kappa shape index (κ1) is 11.9. The van der Waals surface area contributed by atoms with Crippen LogP contribution in [0, 0.1) is 0 Å². The van der Waals surface area contributed by atoms with Gasteiger partial charge in [0.25, 0.3) is 0 Å². The third-order valence-electron chi connectivity index (χ3n) is 4.04. The number of fused-ring (bicyclic) bond motifs is 2. The van der Waals surface area contributed by atoms with Crippen LogP contribution in [0.1, 0.15) is 34.5 Å². The van der Waals surface area contributed by atoms with Gasteiger partial charge in [-0.25, -0.2) is 4.98 Å². The SMILES string of the molecule is O=Cc1cnc2scc(-c3ccc4c(c3)CCCC4)n12. The van der Waals surface area contributed by atoms with Crippen LogP contribution in [-0.4, -0.2) is 15.7 Å². The molecule has 0 unspecified atom stereocenters. The molecule has 20 heavy (non-hydrogen) atoms. The zero-order chi connectivity index (χ0) is 13.5. The molecule has 4 rings (SSSR count). The van der Waals surface area contributed by atoms with E-state index in [1.54, 1.807) is 17.5 Å². The van der Waals surface area contributed by atoms with Crippen molar-refractivity contribution in [3.8, 4) is 11.3 Å². The quantitative estimate of drug-likeness (QED) is 0.671. The normalized spacial score (nSPS) is 14.4. The van der Waals surface area contributed by atoms with Gasteiger partial charge in [0.1, 0.15) is 5.69 Å². The molecule has 0 fully saturated rings. The third-order valence-corrected chi connectivity index (χ3v) is 4.88. The van der Waals surface area contributed by atoms with Crippen molar-refractivity contribution in [3.05, 3.63) is 46.6 Å². The maximum absolute atomic E-state index is 11.1. The number of hydrogen-bond donors (Lipinski definition) is 0. The lowest BCUT2D eigenvalue weighted by atomic mass is 9.90. The van der Waals surface area contributed by atoms with Crippen LogP contribution in [0.3, 0.4) is 0 Å². The number of rotatable bonds is 2. The molecule has 0 atom stereocenters. The number of aryl methyl sites for hydroxylation is 2. The monoisotopic (exact) mass is 282 g/mol. The van der Waals surface area contributed by atoms with Gasteiger partial charge in [-0.2, -0.15) is 0 Å². The molecule has 3 aromatic rings. The molecule has 1 aliphatic rings. The Balaban J connectivity index is 1.90. The standard InChI is InChI=1S/C16H14N2OS/c19-9-14-8-17-16-18(14)15(10-20-16)13-6-5-11-3-1-2-4-12(11)7-13/h5-10H,1-4H2. The molecule has 3 nitrogen and oxygen atoms in total. The van der Waals surface area contributed by atoms with Crippen molar-refractivity contribution in [3.63, 3.8) is 0 Å². The van der Waals surface area contributed by atoms with Gasteiger partial charge in [-0.1, -0.05) is 12.1 Å². The Hall–Kier alpha value is -1.94. The highest BCUT2D eigenvalue weighted by molar-refractivity contribution is 7.15. The first-order chi connectivity index (χ1) is 9.86. The second kappa shape index (κ2) is 4.56. The van der Waals surface area contributed by atoms with E-state index in [1.807, 2.05) is 4.40 Å². The average molecular weight is 282 g/mol. The molecular weight excluding hydrogens is 268 g/mol. The topological polar surface area (TPSA) is 34.4 Å². The summed E-state index contributed by atoms with van der Waals surface area (Å²) in [5.74, 6) is 0. The minimum Gasteiger partial charge on any atom is -0.296 e. The zero-order valence-electron chi connectivity index (χ0n) is 11.0. The summed E-state index contributed by atoms with van der Waals surface area (Å²) in [7, 11) is 0. The van der Waals surface area contributed by atoms with Gasteiger partial charge in [0.15, 0.2) is 11.2 Å². The Morgan fingerprint density at radius 3 is 2.90 bits per heavy atom. The summed E-state index contributed by atoms with van der Waals surface area (Å²) in [6.45, 7) is 0. The maximum atomic E-state index is 11.1. The number of imidazole rings is 1. The van der Waals surface area contributed by atoms with Gasteiger partial charge in [0.05, 0.1) is 11.9 Å². The van der Waals surface area contributed by atoms with Gasteiger partial charge in [0.2, 0.25) is 0 Å². The van der Waals surface area contributed by atoms with E-state index in [1.165, 1.54) is 42.4 Å². The minimum atomic E-state index is 0.619. The minimum absolute atomic E-state index is 0.619. The van der Waals surface area contributed by atoms with Gasteiger partial charge >= 0.3 is 0 Å². The molecule has 0 bridgehead atoms. The van der Waals surface area contributed by atoms with Crippen LogP contribution in [-0.2, 0) is 12.8 Å². The van der Waals surface area contributed by atoms with E-state index in [2.05, 4.69) is 28.6 Å². The van der Waals surface area contributed by atoms with Crippen LogP contribution in [0.25, 0.3) is 16.2 Å². The molecule has 100 valence electrons. The van der Waals surface area contributed by atoms with Gasteiger partial charge in [0, 0.05) is 5.38 Å². The summed E-state index contributed by atoms with van der Waals surface area (Å²) in [4.78, 5) is 16.3. The molecule has 4 heteroatoms.